The first kappa shape index (κ1) is 22.1. The monoisotopic (exact) mass is 388 g/mol. The molecule has 0 radical (unpaired) electrons. The van der Waals surface area contributed by atoms with Crippen molar-refractivity contribution in [3.63, 3.8) is 0 Å². The van der Waals surface area contributed by atoms with Crippen molar-refractivity contribution in [3.05, 3.63) is 0 Å². The maximum Gasteiger partial charge on any atom is 1.00 e. The molecule has 0 saturated heterocycles. The summed E-state index contributed by atoms with van der Waals surface area (Å²) in [6.45, 7) is 0. The minimum absolute atomic E-state index is 0. The van der Waals surface area contributed by atoms with Crippen molar-refractivity contribution in [2.45, 2.75) is 0 Å². The molecule has 0 amide bonds. The van der Waals surface area contributed by atoms with Crippen LogP contribution in [0.1, 0.15) is 0 Å². The van der Waals surface area contributed by atoms with Crippen LogP contribution in [-0.2, 0) is 9.05 Å². The maximum absolute atomic E-state index is 9.85. The minimum atomic E-state index is -4.14. The zero-order valence-corrected chi connectivity index (χ0v) is 13.1. The summed E-state index contributed by atoms with van der Waals surface area (Å²) in [5, 5.41) is 39.3. The Labute approximate surface area is 129 Å². The van der Waals surface area contributed by atoms with Gasteiger partial charge in [-0.25, -0.2) is 0 Å². The fourth-order valence-electron chi connectivity index (χ4n) is 0.247. The molecule has 14 heteroatoms. The third kappa shape index (κ3) is 24.2. The molecule has 4 N–H and O–H groups in total. The van der Waals surface area contributed by atoms with Gasteiger partial charge >= 0.3 is 108 Å². The van der Waals surface area contributed by atoms with Crippen molar-refractivity contribution in [2.24, 2.45) is 0 Å². The molecule has 0 bridgehead atoms. The van der Waals surface area contributed by atoms with Crippen LogP contribution < -0.4 is 34.7 Å². The van der Waals surface area contributed by atoms with Crippen LogP contribution in [0, 0.1) is 0 Å². The van der Waals surface area contributed by atoms with Gasteiger partial charge in [-0.1, -0.05) is 0 Å². The average molecular weight is 389 g/mol. The van der Waals surface area contributed by atoms with Gasteiger partial charge in [-0.3, -0.25) is 0 Å². The minimum Gasteiger partial charge on any atom is -0.565 e. The molecule has 0 aromatic heterocycles. The van der Waals surface area contributed by atoms with Crippen LogP contribution in [0.25, 0.3) is 0 Å². The molecular formula is C4H4NaO12Sb. The van der Waals surface area contributed by atoms with Gasteiger partial charge in [0.05, 0.1) is 0 Å². The molecule has 0 saturated carbocycles. The Hall–Kier alpha value is -1.10. The van der Waals surface area contributed by atoms with E-state index in [2.05, 4.69) is 9.05 Å². The standard InChI is InChI=1S/4CH2O3.Na.Sb/c4*2-1(3)4;;/h4*(H2,2,3,4);;/q;;;;+1;+3/p-4. The summed E-state index contributed by atoms with van der Waals surface area (Å²) < 4.78 is 11.3. The van der Waals surface area contributed by atoms with E-state index in [1.54, 1.807) is 0 Å². The fraction of sp³-hybridized carbons (Fsp3) is 0. The average Bonchev–Trinajstić information content (AvgIpc) is 1.96. The second kappa shape index (κ2) is 12.4. The molecular weight excluding hydrogens is 385 g/mol. The molecule has 12 nitrogen and oxygen atoms in total. The molecule has 0 heterocycles. The molecule has 0 aromatic carbocycles. The summed E-state index contributed by atoms with van der Waals surface area (Å²) in [7, 11) is 0. The van der Waals surface area contributed by atoms with E-state index >= 15 is 0 Å². The van der Waals surface area contributed by atoms with Gasteiger partial charge in [-0.2, -0.15) is 0 Å². The Kier molecular flexibility index (Phi) is 15.2. The van der Waals surface area contributed by atoms with Crippen molar-refractivity contribution in [2.75, 3.05) is 0 Å². The van der Waals surface area contributed by atoms with Crippen LogP contribution in [0.3, 0.4) is 0 Å². The molecule has 0 aliphatic heterocycles. The van der Waals surface area contributed by atoms with Crippen molar-refractivity contribution in [3.8, 4) is 0 Å². The molecule has 18 heavy (non-hydrogen) atoms. The maximum atomic E-state index is 9.85. The molecule has 0 aliphatic rings. The van der Waals surface area contributed by atoms with Crippen LogP contribution in [0.2, 0.25) is 0 Å². The number of carboxylic acid groups (broad SMARTS) is 5. The van der Waals surface area contributed by atoms with E-state index in [9.17, 15) is 14.4 Å². The van der Waals surface area contributed by atoms with Crippen LogP contribution in [0.5, 0.6) is 0 Å². The van der Waals surface area contributed by atoms with E-state index in [-0.39, 0.29) is 29.6 Å². The Balaban J connectivity index is -0.000000392. The first-order valence-corrected chi connectivity index (χ1v) is 6.20. The second-order valence-corrected chi connectivity index (χ2v) is 4.40. The summed E-state index contributed by atoms with van der Waals surface area (Å²) in [6, 6.07) is 0. The third-order valence-electron chi connectivity index (χ3n) is 0.458. The Bertz CT molecular complexity index is 260. The molecule has 0 aliphatic carbocycles. The predicted molar refractivity (Wildman–Crippen MR) is 41.1 cm³/mol. The summed E-state index contributed by atoms with van der Waals surface area (Å²) >= 11 is -4.14. The van der Waals surface area contributed by atoms with Gasteiger partial charge in [0.2, 0.25) is 6.16 Å². The van der Waals surface area contributed by atoms with Gasteiger partial charge in [-0.05, 0) is 0 Å². The molecule has 0 rings (SSSR count). The summed E-state index contributed by atoms with van der Waals surface area (Å²) in [4.78, 5) is 38.0. The van der Waals surface area contributed by atoms with Gasteiger partial charge in [0.1, 0.15) is 0 Å². The van der Waals surface area contributed by atoms with E-state index in [4.69, 9.17) is 30.3 Å². The molecule has 0 aromatic rings. The third-order valence-corrected chi connectivity index (χ3v) is 3.07. The second-order valence-electron chi connectivity index (χ2n) is 1.56. The number of hydrogen-bond donors (Lipinski definition) is 4. The molecule has 98 valence electrons. The number of hydrogen-bond acceptors (Lipinski definition) is 8. The van der Waals surface area contributed by atoms with Crippen LogP contribution in [0.15, 0.2) is 0 Å². The first-order valence-electron chi connectivity index (χ1n) is 3.08. The van der Waals surface area contributed by atoms with E-state index in [0.29, 0.717) is 0 Å². The molecule has 0 atom stereocenters. The van der Waals surface area contributed by atoms with E-state index in [1.807, 2.05) is 0 Å². The van der Waals surface area contributed by atoms with E-state index in [1.165, 1.54) is 0 Å². The smallest absolute Gasteiger partial charge is 0.565 e. The van der Waals surface area contributed by atoms with Crippen LogP contribution in [-0.4, -0.2) is 66.5 Å². The van der Waals surface area contributed by atoms with Gasteiger partial charge in [0.25, 0.3) is 0 Å². The number of carbonyl (C=O) groups is 4. The normalized spacial score (nSPS) is 7.83. The summed E-state index contributed by atoms with van der Waals surface area (Å²) in [6.07, 6.45) is -7.65. The van der Waals surface area contributed by atoms with E-state index in [0.717, 1.165) is 0 Å². The van der Waals surface area contributed by atoms with Gasteiger partial charge in [-0.15, -0.1) is 0 Å². The quantitative estimate of drug-likeness (QED) is 0.341. The van der Waals surface area contributed by atoms with Crippen molar-refractivity contribution in [1.29, 1.82) is 0 Å². The summed E-state index contributed by atoms with van der Waals surface area (Å²) in [5.41, 5.74) is 0. The predicted octanol–water partition coefficient (Wildman–Crippen LogP) is -4.05. The molecule has 0 spiro atoms. The Morgan fingerprint density at radius 2 is 0.944 bits per heavy atom. The van der Waals surface area contributed by atoms with Gasteiger partial charge in [0, 0.05) is 0 Å². The van der Waals surface area contributed by atoms with Gasteiger partial charge in [0.15, 0.2) is 0 Å². The number of rotatable bonds is 3. The summed E-state index contributed by atoms with van der Waals surface area (Å²) in [5.74, 6) is 0. The van der Waals surface area contributed by atoms with Crippen molar-refractivity contribution < 1.29 is 83.3 Å². The SMILES string of the molecule is O=C(O)[O][Sb]([O]C(=O)O)[O]C(=O)O.O=C([O-])O.[Na+]. The Morgan fingerprint density at radius 3 is 1.06 bits per heavy atom. The van der Waals surface area contributed by atoms with Crippen molar-refractivity contribution in [1.82, 2.24) is 0 Å². The van der Waals surface area contributed by atoms with Crippen LogP contribution in [0.4, 0.5) is 19.2 Å². The van der Waals surface area contributed by atoms with E-state index < -0.39 is 46.1 Å². The first-order chi connectivity index (χ1) is 7.65. The zero-order chi connectivity index (χ0) is 14.0. The Morgan fingerprint density at radius 1 is 0.778 bits per heavy atom. The van der Waals surface area contributed by atoms with Crippen LogP contribution >= 0.6 is 0 Å². The largest absolute Gasteiger partial charge is 1.00 e. The van der Waals surface area contributed by atoms with Gasteiger partial charge < -0.3 is 15.0 Å². The molecule has 0 fully saturated rings. The van der Waals surface area contributed by atoms with Crippen molar-refractivity contribution >= 4 is 46.1 Å². The zero-order valence-electron chi connectivity index (χ0n) is 8.50. The topological polar surface area (TPSA) is 200 Å². The fourth-order valence-corrected chi connectivity index (χ4v) is 1.66. The molecule has 0 unspecified atom stereocenters.